The van der Waals surface area contributed by atoms with Crippen molar-refractivity contribution in [2.75, 3.05) is 19.6 Å². The van der Waals surface area contributed by atoms with E-state index in [4.69, 9.17) is 5.53 Å². The maximum Gasteiger partial charge on any atom is 0.323 e. The normalized spacial score (nSPS) is 17.3. The van der Waals surface area contributed by atoms with Crippen molar-refractivity contribution < 1.29 is 9.58 Å². The van der Waals surface area contributed by atoms with Crippen LogP contribution in [0.1, 0.15) is 19.3 Å². The van der Waals surface area contributed by atoms with E-state index < -0.39 is 0 Å². The highest BCUT2D eigenvalue weighted by Crippen LogP contribution is 2.06. The molecule has 66 valence electrons. The smallest absolute Gasteiger partial charge is 0.323 e. The van der Waals surface area contributed by atoms with Crippen LogP contribution in [0.5, 0.6) is 0 Å². The third-order valence-corrected chi connectivity index (χ3v) is 2.07. The van der Waals surface area contributed by atoms with Crippen molar-refractivity contribution in [3.63, 3.8) is 0 Å². The number of carbonyl (C=O) groups is 1. The van der Waals surface area contributed by atoms with Crippen LogP contribution in [0.3, 0.4) is 0 Å². The molecule has 1 saturated heterocycles. The molecule has 0 radical (unpaired) electrons. The third kappa shape index (κ3) is 2.95. The summed E-state index contributed by atoms with van der Waals surface area (Å²) in [6.07, 6.45) is 3.91. The SMILES string of the molecule is [N-]=[N+]=CC(=O)CCN1CCCC1. The van der Waals surface area contributed by atoms with E-state index in [1.807, 2.05) is 0 Å². The van der Waals surface area contributed by atoms with Gasteiger partial charge in [0.25, 0.3) is 0 Å². The molecule has 1 fully saturated rings. The highest BCUT2D eigenvalue weighted by atomic mass is 16.1. The van der Waals surface area contributed by atoms with Gasteiger partial charge < -0.3 is 10.4 Å². The second-order valence-electron chi connectivity index (χ2n) is 3.01. The lowest BCUT2D eigenvalue weighted by atomic mass is 10.3. The Morgan fingerprint density at radius 3 is 2.75 bits per heavy atom. The Kier molecular flexibility index (Phi) is 3.64. The van der Waals surface area contributed by atoms with Gasteiger partial charge in [0, 0.05) is 13.0 Å². The molecule has 4 heteroatoms. The largest absolute Gasteiger partial charge is 0.361 e. The third-order valence-electron chi connectivity index (χ3n) is 2.07. The van der Waals surface area contributed by atoms with Gasteiger partial charge in [0.05, 0.1) is 0 Å². The molecule has 0 bridgehead atoms. The van der Waals surface area contributed by atoms with Crippen molar-refractivity contribution in [3.05, 3.63) is 5.53 Å². The molecular weight excluding hydrogens is 154 g/mol. The number of carbonyl (C=O) groups excluding carboxylic acids is 1. The van der Waals surface area contributed by atoms with Gasteiger partial charge in [0.2, 0.25) is 5.78 Å². The van der Waals surface area contributed by atoms with Crippen molar-refractivity contribution >= 4 is 12.0 Å². The predicted octanol–water partition coefficient (Wildman–Crippen LogP) is 0.342. The first kappa shape index (κ1) is 9.10. The van der Waals surface area contributed by atoms with Gasteiger partial charge in [-0.1, -0.05) is 0 Å². The molecule has 0 saturated carbocycles. The molecule has 0 aliphatic carbocycles. The zero-order valence-corrected chi connectivity index (χ0v) is 7.07. The van der Waals surface area contributed by atoms with E-state index in [1.165, 1.54) is 12.8 Å². The minimum Gasteiger partial charge on any atom is -0.361 e. The summed E-state index contributed by atoms with van der Waals surface area (Å²) >= 11 is 0. The fourth-order valence-corrected chi connectivity index (χ4v) is 1.40. The summed E-state index contributed by atoms with van der Waals surface area (Å²) in [4.78, 5) is 15.8. The number of Topliss-reactive ketones (excluding diaryl/α,β-unsaturated/α-hetero) is 1. The van der Waals surface area contributed by atoms with Crippen LogP contribution in [0.15, 0.2) is 0 Å². The molecule has 1 rings (SSSR count). The van der Waals surface area contributed by atoms with Crippen LogP contribution in [0.25, 0.3) is 5.53 Å². The van der Waals surface area contributed by atoms with Gasteiger partial charge in [-0.25, -0.2) is 0 Å². The molecule has 12 heavy (non-hydrogen) atoms. The first-order valence-electron chi connectivity index (χ1n) is 4.25. The number of rotatable bonds is 4. The Labute approximate surface area is 71.8 Å². The van der Waals surface area contributed by atoms with Crippen LogP contribution in [-0.4, -0.2) is 41.3 Å². The molecule has 0 amide bonds. The number of hydrogen-bond acceptors (Lipinski definition) is 2. The van der Waals surface area contributed by atoms with Crippen LogP contribution in [-0.2, 0) is 4.79 Å². The molecule has 1 heterocycles. The quantitative estimate of drug-likeness (QED) is 0.344. The monoisotopic (exact) mass is 167 g/mol. The lowest BCUT2D eigenvalue weighted by molar-refractivity contribution is -0.116. The minimum absolute atomic E-state index is 0.107. The summed E-state index contributed by atoms with van der Waals surface area (Å²) in [5, 5.41) is 0. The zero-order chi connectivity index (χ0) is 8.81. The number of hydrogen-bond donors (Lipinski definition) is 0. The van der Waals surface area contributed by atoms with Gasteiger partial charge in [-0.15, -0.1) is 0 Å². The summed E-state index contributed by atoms with van der Waals surface area (Å²) in [5.74, 6) is -0.107. The first-order valence-corrected chi connectivity index (χ1v) is 4.25. The van der Waals surface area contributed by atoms with Crippen LogP contribution in [0, 0.1) is 0 Å². The van der Waals surface area contributed by atoms with Crippen molar-refractivity contribution in [1.82, 2.24) is 4.90 Å². The van der Waals surface area contributed by atoms with Gasteiger partial charge in [0.1, 0.15) is 0 Å². The van der Waals surface area contributed by atoms with Crippen LogP contribution in [0.2, 0.25) is 0 Å². The van der Waals surface area contributed by atoms with E-state index in [-0.39, 0.29) is 5.78 Å². The molecule has 1 aliphatic heterocycles. The van der Waals surface area contributed by atoms with Crippen molar-refractivity contribution in [1.29, 1.82) is 0 Å². The predicted molar refractivity (Wildman–Crippen MR) is 45.0 cm³/mol. The summed E-state index contributed by atoms with van der Waals surface area (Å²) in [6, 6.07) is 0. The Balaban J connectivity index is 2.15. The Morgan fingerprint density at radius 1 is 1.50 bits per heavy atom. The average Bonchev–Trinajstić information content (AvgIpc) is 2.53. The van der Waals surface area contributed by atoms with E-state index in [9.17, 15) is 4.79 Å². The van der Waals surface area contributed by atoms with E-state index in [0.29, 0.717) is 6.42 Å². The molecule has 0 spiro atoms. The summed E-state index contributed by atoms with van der Waals surface area (Å²) < 4.78 is 0. The second-order valence-corrected chi connectivity index (χ2v) is 3.01. The van der Waals surface area contributed by atoms with E-state index in [0.717, 1.165) is 25.8 Å². The topological polar surface area (TPSA) is 56.7 Å². The number of nitrogens with zero attached hydrogens (tertiary/aromatic N) is 3. The molecule has 0 aromatic heterocycles. The molecule has 0 N–H and O–H groups in total. The fourth-order valence-electron chi connectivity index (χ4n) is 1.40. The Morgan fingerprint density at radius 2 is 2.17 bits per heavy atom. The maximum atomic E-state index is 10.9. The minimum atomic E-state index is -0.107. The Bertz CT molecular complexity index is 202. The van der Waals surface area contributed by atoms with Crippen LogP contribution in [0.4, 0.5) is 0 Å². The number of ketones is 1. The lowest BCUT2D eigenvalue weighted by Gasteiger charge is -2.11. The van der Waals surface area contributed by atoms with Gasteiger partial charge in [0.15, 0.2) is 0 Å². The van der Waals surface area contributed by atoms with Crippen LogP contribution >= 0.6 is 0 Å². The van der Waals surface area contributed by atoms with Gasteiger partial charge in [-0.2, -0.15) is 4.79 Å². The zero-order valence-electron chi connectivity index (χ0n) is 7.07. The van der Waals surface area contributed by atoms with Gasteiger partial charge in [-0.05, 0) is 25.9 Å². The van der Waals surface area contributed by atoms with Crippen molar-refractivity contribution in [3.8, 4) is 0 Å². The summed E-state index contributed by atoms with van der Waals surface area (Å²) in [6.45, 7) is 3.00. The average molecular weight is 167 g/mol. The highest BCUT2D eigenvalue weighted by molar-refractivity contribution is 6.25. The fraction of sp³-hybridized carbons (Fsp3) is 0.750. The van der Waals surface area contributed by atoms with Crippen LogP contribution < -0.4 is 0 Å². The summed E-state index contributed by atoms with van der Waals surface area (Å²) in [7, 11) is 0. The molecule has 0 atom stereocenters. The van der Waals surface area contributed by atoms with Crippen molar-refractivity contribution in [2.45, 2.75) is 19.3 Å². The van der Waals surface area contributed by atoms with E-state index in [1.54, 1.807) is 0 Å². The molecule has 4 nitrogen and oxygen atoms in total. The second kappa shape index (κ2) is 4.80. The highest BCUT2D eigenvalue weighted by Gasteiger charge is 2.12. The standard InChI is InChI=1S/C8H13N3O/c9-10-7-8(12)3-6-11-4-1-2-5-11/h7H,1-6H2. The van der Waals surface area contributed by atoms with Crippen molar-refractivity contribution in [2.24, 2.45) is 0 Å². The Hall–Kier alpha value is -0.990. The van der Waals surface area contributed by atoms with Gasteiger partial charge >= 0.3 is 6.21 Å². The van der Waals surface area contributed by atoms with E-state index >= 15 is 0 Å². The van der Waals surface area contributed by atoms with Gasteiger partial charge in [-0.3, -0.25) is 4.79 Å². The molecule has 0 aromatic rings. The molecule has 0 aromatic carbocycles. The van der Waals surface area contributed by atoms with E-state index in [2.05, 4.69) is 9.69 Å². The molecular formula is C8H13N3O. The summed E-state index contributed by atoms with van der Waals surface area (Å²) in [5.41, 5.74) is 8.06. The molecule has 1 aliphatic rings. The number of likely N-dealkylation sites (tertiary alicyclic amines) is 1. The first-order chi connectivity index (χ1) is 5.83. The molecule has 0 unspecified atom stereocenters. The lowest BCUT2D eigenvalue weighted by Crippen LogP contribution is -2.22. The maximum absolute atomic E-state index is 10.9.